The van der Waals surface area contributed by atoms with Crippen LogP contribution in [-0.2, 0) is 4.79 Å². The van der Waals surface area contributed by atoms with Gasteiger partial charge in [0.05, 0.1) is 5.37 Å². The Labute approximate surface area is 129 Å². The van der Waals surface area contributed by atoms with Crippen LogP contribution in [0.3, 0.4) is 0 Å². The standard InChI is InChI=1S/C15H24N2O3S/c1-9-3-2-4-11(9)7-16-15(20)17-12(14(18)19)8-21-13(17)10-5-6-10/h9-13H,2-8H2,1H3,(H,16,20)(H,18,19). The van der Waals surface area contributed by atoms with E-state index in [1.807, 2.05) is 0 Å². The molecule has 0 spiro atoms. The number of rotatable bonds is 4. The summed E-state index contributed by atoms with van der Waals surface area (Å²) in [6.45, 7) is 2.92. The molecular formula is C15H24N2O3S. The average molecular weight is 312 g/mol. The number of hydrogen-bond donors (Lipinski definition) is 2. The predicted octanol–water partition coefficient (Wildman–Crippen LogP) is 2.37. The lowest BCUT2D eigenvalue weighted by atomic mass is 9.98. The molecule has 2 saturated carbocycles. The highest BCUT2D eigenvalue weighted by Gasteiger charge is 2.48. The molecule has 4 unspecified atom stereocenters. The van der Waals surface area contributed by atoms with Crippen molar-refractivity contribution in [1.82, 2.24) is 10.2 Å². The van der Waals surface area contributed by atoms with Gasteiger partial charge in [0.1, 0.15) is 6.04 Å². The number of carbonyl (C=O) groups is 2. The van der Waals surface area contributed by atoms with Gasteiger partial charge in [0, 0.05) is 12.3 Å². The van der Waals surface area contributed by atoms with Crippen LogP contribution in [0, 0.1) is 17.8 Å². The zero-order chi connectivity index (χ0) is 15.0. The zero-order valence-corrected chi connectivity index (χ0v) is 13.3. The summed E-state index contributed by atoms with van der Waals surface area (Å²) >= 11 is 1.63. The molecule has 1 heterocycles. The molecule has 1 saturated heterocycles. The maximum Gasteiger partial charge on any atom is 0.327 e. The Morgan fingerprint density at radius 3 is 2.62 bits per heavy atom. The highest BCUT2D eigenvalue weighted by atomic mass is 32.2. The first-order chi connectivity index (χ1) is 10.1. The van der Waals surface area contributed by atoms with Crippen molar-refractivity contribution in [2.45, 2.75) is 50.4 Å². The third kappa shape index (κ3) is 3.15. The number of carboxylic acid groups (broad SMARTS) is 1. The van der Waals surface area contributed by atoms with Gasteiger partial charge in [0.25, 0.3) is 0 Å². The number of thioether (sulfide) groups is 1. The SMILES string of the molecule is CC1CCCC1CNC(=O)N1C(C(=O)O)CSC1C1CC1. The quantitative estimate of drug-likeness (QED) is 0.836. The van der Waals surface area contributed by atoms with Crippen molar-refractivity contribution < 1.29 is 14.7 Å². The molecule has 3 fully saturated rings. The predicted molar refractivity (Wildman–Crippen MR) is 82.1 cm³/mol. The Balaban J connectivity index is 1.61. The van der Waals surface area contributed by atoms with Gasteiger partial charge in [-0.2, -0.15) is 0 Å². The van der Waals surface area contributed by atoms with Gasteiger partial charge in [-0.05, 0) is 37.0 Å². The Kier molecular flexibility index (Phi) is 4.33. The minimum absolute atomic E-state index is 0.0621. The van der Waals surface area contributed by atoms with Crippen LogP contribution >= 0.6 is 11.8 Å². The molecule has 0 aromatic carbocycles. The first-order valence-corrected chi connectivity index (χ1v) is 9.03. The summed E-state index contributed by atoms with van der Waals surface area (Å²) in [6, 6.07) is -0.843. The molecule has 0 aromatic heterocycles. The number of carboxylic acids is 1. The largest absolute Gasteiger partial charge is 0.480 e. The van der Waals surface area contributed by atoms with Crippen molar-refractivity contribution in [3.63, 3.8) is 0 Å². The molecule has 2 amide bonds. The fourth-order valence-corrected chi connectivity index (χ4v) is 5.19. The van der Waals surface area contributed by atoms with Crippen molar-refractivity contribution in [3.8, 4) is 0 Å². The fraction of sp³-hybridized carbons (Fsp3) is 0.867. The van der Waals surface area contributed by atoms with E-state index in [4.69, 9.17) is 0 Å². The summed E-state index contributed by atoms with van der Waals surface area (Å²) in [5.74, 6) is 1.34. The molecule has 2 N–H and O–H groups in total. The second kappa shape index (κ2) is 6.07. The van der Waals surface area contributed by atoms with Gasteiger partial charge in [-0.1, -0.05) is 19.8 Å². The van der Waals surface area contributed by atoms with Crippen molar-refractivity contribution in [3.05, 3.63) is 0 Å². The molecule has 4 atom stereocenters. The Bertz CT molecular complexity index is 427. The van der Waals surface area contributed by atoms with E-state index in [1.54, 1.807) is 16.7 Å². The number of aliphatic carboxylic acids is 1. The highest BCUT2D eigenvalue weighted by Crippen LogP contribution is 2.45. The topological polar surface area (TPSA) is 69.6 Å². The van der Waals surface area contributed by atoms with Gasteiger partial charge >= 0.3 is 12.0 Å². The minimum Gasteiger partial charge on any atom is -0.480 e. The molecule has 0 aromatic rings. The molecule has 3 aliphatic rings. The van der Waals surface area contributed by atoms with Crippen molar-refractivity contribution in [1.29, 1.82) is 0 Å². The summed E-state index contributed by atoms with van der Waals surface area (Å²) in [6.07, 6.45) is 5.89. The molecule has 21 heavy (non-hydrogen) atoms. The summed E-state index contributed by atoms with van der Waals surface area (Å²) in [5.41, 5.74) is 0. The van der Waals surface area contributed by atoms with Gasteiger partial charge in [0.2, 0.25) is 0 Å². The van der Waals surface area contributed by atoms with E-state index in [0.29, 0.717) is 30.1 Å². The molecule has 1 aliphatic heterocycles. The van der Waals surface area contributed by atoms with Crippen molar-refractivity contribution >= 4 is 23.8 Å². The number of urea groups is 1. The number of carbonyl (C=O) groups excluding carboxylic acids is 1. The fourth-order valence-electron chi connectivity index (χ4n) is 3.55. The van der Waals surface area contributed by atoms with Crippen LogP contribution in [-0.4, -0.2) is 45.7 Å². The second-order valence-corrected chi connectivity index (χ2v) is 7.83. The Hall–Kier alpha value is -0.910. The summed E-state index contributed by atoms with van der Waals surface area (Å²) in [7, 11) is 0. The summed E-state index contributed by atoms with van der Waals surface area (Å²) in [5, 5.41) is 12.4. The van der Waals surface area contributed by atoms with E-state index >= 15 is 0 Å². The van der Waals surface area contributed by atoms with E-state index in [1.165, 1.54) is 19.3 Å². The van der Waals surface area contributed by atoms with E-state index in [2.05, 4.69) is 12.2 Å². The van der Waals surface area contributed by atoms with E-state index in [-0.39, 0.29) is 11.4 Å². The molecular weight excluding hydrogens is 288 g/mol. The first-order valence-electron chi connectivity index (χ1n) is 7.98. The van der Waals surface area contributed by atoms with Gasteiger partial charge < -0.3 is 10.4 Å². The van der Waals surface area contributed by atoms with E-state index < -0.39 is 12.0 Å². The molecule has 0 radical (unpaired) electrons. The van der Waals surface area contributed by atoms with E-state index in [9.17, 15) is 14.7 Å². The number of hydrogen-bond acceptors (Lipinski definition) is 3. The third-order valence-corrected chi connectivity index (χ3v) is 6.60. The monoisotopic (exact) mass is 312 g/mol. The van der Waals surface area contributed by atoms with Crippen LogP contribution in [0.1, 0.15) is 39.0 Å². The smallest absolute Gasteiger partial charge is 0.327 e. The van der Waals surface area contributed by atoms with Crippen LogP contribution in [0.2, 0.25) is 0 Å². The minimum atomic E-state index is -0.880. The maximum absolute atomic E-state index is 12.5. The highest BCUT2D eigenvalue weighted by molar-refractivity contribution is 8.00. The van der Waals surface area contributed by atoms with Crippen LogP contribution in [0.15, 0.2) is 0 Å². The van der Waals surface area contributed by atoms with E-state index in [0.717, 1.165) is 12.8 Å². The molecule has 5 nitrogen and oxygen atoms in total. The lowest BCUT2D eigenvalue weighted by Crippen LogP contribution is -2.51. The Morgan fingerprint density at radius 1 is 1.29 bits per heavy atom. The number of nitrogens with one attached hydrogen (secondary N) is 1. The summed E-state index contributed by atoms with van der Waals surface area (Å²) in [4.78, 5) is 25.5. The lowest BCUT2D eigenvalue weighted by molar-refractivity contribution is -0.141. The first kappa shape index (κ1) is 15.0. The van der Waals surface area contributed by atoms with Crippen molar-refractivity contribution in [2.24, 2.45) is 17.8 Å². The third-order valence-electron chi connectivity index (χ3n) is 5.13. The van der Waals surface area contributed by atoms with Crippen LogP contribution in [0.5, 0.6) is 0 Å². The van der Waals surface area contributed by atoms with Gasteiger partial charge in [-0.15, -0.1) is 11.8 Å². The number of amides is 2. The maximum atomic E-state index is 12.5. The molecule has 118 valence electrons. The van der Waals surface area contributed by atoms with Gasteiger partial charge in [-0.3, -0.25) is 4.90 Å². The van der Waals surface area contributed by atoms with Gasteiger partial charge in [-0.25, -0.2) is 9.59 Å². The zero-order valence-electron chi connectivity index (χ0n) is 12.5. The van der Waals surface area contributed by atoms with Crippen LogP contribution in [0.25, 0.3) is 0 Å². The van der Waals surface area contributed by atoms with Crippen LogP contribution < -0.4 is 5.32 Å². The van der Waals surface area contributed by atoms with Crippen LogP contribution in [0.4, 0.5) is 4.79 Å². The molecule has 3 rings (SSSR count). The van der Waals surface area contributed by atoms with Crippen molar-refractivity contribution in [2.75, 3.05) is 12.3 Å². The molecule has 6 heteroatoms. The normalized spacial score (nSPS) is 36.0. The molecule has 0 bridgehead atoms. The summed E-state index contributed by atoms with van der Waals surface area (Å²) < 4.78 is 0. The van der Waals surface area contributed by atoms with Gasteiger partial charge in [0.15, 0.2) is 0 Å². The second-order valence-electron chi connectivity index (χ2n) is 6.68. The lowest BCUT2D eigenvalue weighted by Gasteiger charge is -2.28. The molecule has 2 aliphatic carbocycles. The average Bonchev–Trinajstić information content (AvgIpc) is 3.06. The Morgan fingerprint density at radius 2 is 2.05 bits per heavy atom. The number of nitrogens with zero attached hydrogens (tertiary/aromatic N) is 1.